The Morgan fingerprint density at radius 1 is 1.19 bits per heavy atom. The third kappa shape index (κ3) is 3.77. The van der Waals surface area contributed by atoms with E-state index in [0.717, 1.165) is 5.56 Å². The molecule has 2 aromatic rings. The molecule has 0 radical (unpaired) electrons. The van der Waals surface area contributed by atoms with E-state index >= 15 is 0 Å². The van der Waals surface area contributed by atoms with Gasteiger partial charge in [0.15, 0.2) is 0 Å². The van der Waals surface area contributed by atoms with Crippen LogP contribution in [0.2, 0.25) is 0 Å². The van der Waals surface area contributed by atoms with Crippen LogP contribution in [-0.4, -0.2) is 11.6 Å². The van der Waals surface area contributed by atoms with Crippen molar-refractivity contribution in [2.45, 2.75) is 6.92 Å². The average molecular weight is 342 g/mol. The normalized spacial score (nSPS) is 10.8. The van der Waals surface area contributed by atoms with Crippen molar-refractivity contribution in [1.29, 1.82) is 5.26 Å². The average Bonchev–Trinajstić information content (AvgIpc) is 2.52. The summed E-state index contributed by atoms with van der Waals surface area (Å²) in [5.74, 6) is -0.282. The number of nitrogens with zero attached hydrogens (tertiary/aromatic N) is 2. The maximum absolute atomic E-state index is 12.0. The summed E-state index contributed by atoms with van der Waals surface area (Å²) in [7, 11) is 0. The summed E-state index contributed by atoms with van der Waals surface area (Å²) < 4.78 is 0.716. The molecule has 2 rings (SSSR count). The van der Waals surface area contributed by atoms with E-state index in [1.807, 2.05) is 6.07 Å². The first kappa shape index (κ1) is 14.9. The number of hydrogen-bond donors (Lipinski definition) is 1. The first-order chi connectivity index (χ1) is 10.1. The number of nitrogens with one attached hydrogen (secondary N) is 1. The van der Waals surface area contributed by atoms with Gasteiger partial charge in [-0.15, -0.1) is 0 Å². The lowest BCUT2D eigenvalue weighted by Gasteiger charge is -2.04. The fourth-order valence-electron chi connectivity index (χ4n) is 1.69. The van der Waals surface area contributed by atoms with E-state index in [0.29, 0.717) is 21.3 Å². The van der Waals surface area contributed by atoms with Crippen LogP contribution in [-0.2, 0) is 0 Å². The molecule has 0 unspecified atom stereocenters. The monoisotopic (exact) mass is 341 g/mol. The number of carbonyl (C=O) groups is 1. The van der Waals surface area contributed by atoms with Gasteiger partial charge >= 0.3 is 0 Å². The number of hydrazone groups is 1. The Morgan fingerprint density at radius 3 is 2.48 bits per heavy atom. The van der Waals surface area contributed by atoms with Gasteiger partial charge in [-0.3, -0.25) is 4.79 Å². The van der Waals surface area contributed by atoms with Gasteiger partial charge in [0.2, 0.25) is 0 Å². The number of hydrogen-bond acceptors (Lipinski definition) is 3. The molecule has 4 nitrogen and oxygen atoms in total. The summed E-state index contributed by atoms with van der Waals surface area (Å²) >= 11 is 3.32. The number of rotatable bonds is 3. The van der Waals surface area contributed by atoms with Gasteiger partial charge in [-0.1, -0.05) is 24.3 Å². The van der Waals surface area contributed by atoms with Crippen LogP contribution in [0.5, 0.6) is 0 Å². The summed E-state index contributed by atoms with van der Waals surface area (Å²) in [6.45, 7) is 1.79. The predicted octanol–water partition coefficient (Wildman–Crippen LogP) is 3.47. The molecule has 0 spiro atoms. The van der Waals surface area contributed by atoms with E-state index in [-0.39, 0.29) is 5.91 Å². The Kier molecular flexibility index (Phi) is 4.85. The quantitative estimate of drug-likeness (QED) is 0.686. The first-order valence-electron chi connectivity index (χ1n) is 6.21. The third-order valence-electron chi connectivity index (χ3n) is 2.88. The molecule has 0 saturated heterocycles. The van der Waals surface area contributed by atoms with Crippen LogP contribution in [0, 0.1) is 11.3 Å². The van der Waals surface area contributed by atoms with Crippen molar-refractivity contribution >= 4 is 27.5 Å². The van der Waals surface area contributed by atoms with Crippen molar-refractivity contribution in [3.8, 4) is 6.07 Å². The fraction of sp³-hybridized carbons (Fsp3) is 0.0625. The molecule has 0 fully saturated rings. The second-order valence-electron chi connectivity index (χ2n) is 4.31. The van der Waals surface area contributed by atoms with Crippen LogP contribution in [0.3, 0.4) is 0 Å². The van der Waals surface area contributed by atoms with E-state index in [4.69, 9.17) is 5.26 Å². The lowest BCUT2D eigenvalue weighted by atomic mass is 10.1. The largest absolute Gasteiger partial charge is 0.272 e. The van der Waals surface area contributed by atoms with Gasteiger partial charge in [-0.05, 0) is 52.7 Å². The molecule has 1 amide bonds. The molecule has 104 valence electrons. The van der Waals surface area contributed by atoms with Crippen LogP contribution in [0.1, 0.15) is 28.4 Å². The Labute approximate surface area is 131 Å². The maximum Gasteiger partial charge on any atom is 0.272 e. The molecule has 2 aromatic carbocycles. The van der Waals surface area contributed by atoms with Gasteiger partial charge < -0.3 is 0 Å². The highest BCUT2D eigenvalue weighted by atomic mass is 79.9. The van der Waals surface area contributed by atoms with Crippen molar-refractivity contribution in [2.24, 2.45) is 5.10 Å². The first-order valence-corrected chi connectivity index (χ1v) is 7.01. The van der Waals surface area contributed by atoms with Crippen molar-refractivity contribution in [2.75, 3.05) is 0 Å². The van der Waals surface area contributed by atoms with Gasteiger partial charge in [-0.2, -0.15) is 10.4 Å². The second-order valence-corrected chi connectivity index (χ2v) is 5.16. The molecule has 0 aliphatic carbocycles. The van der Waals surface area contributed by atoms with Crippen LogP contribution in [0.25, 0.3) is 0 Å². The molecule has 0 aromatic heterocycles. The number of nitriles is 1. The molecule has 21 heavy (non-hydrogen) atoms. The second kappa shape index (κ2) is 6.82. The Bertz CT molecular complexity index is 730. The van der Waals surface area contributed by atoms with Crippen LogP contribution >= 0.6 is 15.9 Å². The van der Waals surface area contributed by atoms with Gasteiger partial charge in [0.05, 0.1) is 22.9 Å². The van der Waals surface area contributed by atoms with E-state index in [1.165, 1.54) is 0 Å². The standard InChI is InChI=1S/C16H12BrN3O/c1-11(13-8-6-12(10-18)7-9-13)19-20-16(21)14-4-2-3-5-15(14)17/h2-9H,1H3,(H,20,21)/b19-11-. The maximum atomic E-state index is 12.0. The Balaban J connectivity index is 2.11. The van der Waals surface area contributed by atoms with Crippen molar-refractivity contribution < 1.29 is 4.79 Å². The molecule has 5 heteroatoms. The van der Waals surface area contributed by atoms with E-state index in [1.54, 1.807) is 49.4 Å². The van der Waals surface area contributed by atoms with Crippen LogP contribution in [0.15, 0.2) is 58.1 Å². The minimum atomic E-state index is -0.282. The van der Waals surface area contributed by atoms with Crippen LogP contribution < -0.4 is 5.43 Å². The van der Waals surface area contributed by atoms with E-state index < -0.39 is 0 Å². The SMILES string of the molecule is C/C(=N/NC(=O)c1ccccc1Br)c1ccc(C#N)cc1. The van der Waals surface area contributed by atoms with E-state index in [2.05, 4.69) is 32.5 Å². The minimum absolute atomic E-state index is 0.282. The van der Waals surface area contributed by atoms with Gasteiger partial charge in [0.25, 0.3) is 5.91 Å². The zero-order valence-electron chi connectivity index (χ0n) is 11.3. The summed E-state index contributed by atoms with van der Waals surface area (Å²) in [4.78, 5) is 12.0. The molecule has 0 atom stereocenters. The number of halogens is 1. The molecular formula is C16H12BrN3O. The van der Waals surface area contributed by atoms with Gasteiger partial charge in [0.1, 0.15) is 0 Å². The number of carbonyl (C=O) groups excluding carboxylic acids is 1. The van der Waals surface area contributed by atoms with Gasteiger partial charge in [0, 0.05) is 4.47 Å². The lowest BCUT2D eigenvalue weighted by molar-refractivity contribution is 0.0954. The minimum Gasteiger partial charge on any atom is -0.267 e. The molecule has 1 N–H and O–H groups in total. The smallest absolute Gasteiger partial charge is 0.267 e. The van der Waals surface area contributed by atoms with Crippen molar-refractivity contribution in [1.82, 2.24) is 5.43 Å². The summed E-state index contributed by atoms with van der Waals surface area (Å²) in [5.41, 5.74) is 5.14. The molecule has 0 bridgehead atoms. The van der Waals surface area contributed by atoms with Crippen LogP contribution in [0.4, 0.5) is 0 Å². The zero-order chi connectivity index (χ0) is 15.2. The molecule has 0 aliphatic heterocycles. The molecular weight excluding hydrogens is 330 g/mol. The number of amides is 1. The van der Waals surface area contributed by atoms with Crippen molar-refractivity contribution in [3.05, 3.63) is 69.7 Å². The highest BCUT2D eigenvalue weighted by Crippen LogP contribution is 2.15. The summed E-state index contributed by atoms with van der Waals surface area (Å²) in [6, 6.07) is 16.2. The predicted molar refractivity (Wildman–Crippen MR) is 85.0 cm³/mol. The summed E-state index contributed by atoms with van der Waals surface area (Å²) in [6.07, 6.45) is 0. The van der Waals surface area contributed by atoms with E-state index in [9.17, 15) is 4.79 Å². The molecule has 0 heterocycles. The Morgan fingerprint density at radius 2 is 1.86 bits per heavy atom. The third-order valence-corrected chi connectivity index (χ3v) is 3.57. The zero-order valence-corrected chi connectivity index (χ0v) is 12.9. The lowest BCUT2D eigenvalue weighted by Crippen LogP contribution is -2.19. The van der Waals surface area contributed by atoms with Gasteiger partial charge in [-0.25, -0.2) is 5.43 Å². The molecule has 0 saturated carbocycles. The highest BCUT2D eigenvalue weighted by molar-refractivity contribution is 9.10. The fourth-order valence-corrected chi connectivity index (χ4v) is 2.16. The number of benzene rings is 2. The Hall–Kier alpha value is -2.45. The summed E-state index contributed by atoms with van der Waals surface area (Å²) in [5, 5.41) is 12.8. The highest BCUT2D eigenvalue weighted by Gasteiger charge is 2.08. The molecule has 0 aliphatic rings. The van der Waals surface area contributed by atoms with Crippen molar-refractivity contribution in [3.63, 3.8) is 0 Å². The topological polar surface area (TPSA) is 65.2 Å².